The quantitative estimate of drug-likeness (QED) is 0.322. The van der Waals surface area contributed by atoms with Crippen molar-refractivity contribution in [2.24, 2.45) is 0 Å². The van der Waals surface area contributed by atoms with Crippen LogP contribution in [0.2, 0.25) is 0 Å². The number of hydrogen-bond acceptors (Lipinski definition) is 8. The molecule has 1 saturated heterocycles. The Balaban J connectivity index is 0.00000156. The minimum Gasteiger partial charge on any atom is -0.412 e. The lowest BCUT2D eigenvalue weighted by molar-refractivity contribution is -0.0504. The highest BCUT2D eigenvalue weighted by molar-refractivity contribution is 7.46. The van der Waals surface area contributed by atoms with E-state index in [9.17, 15) is 19.6 Å². The smallest absolute Gasteiger partial charge is 0.412 e. The molecule has 15 heteroatoms. The van der Waals surface area contributed by atoms with Crippen molar-refractivity contribution in [1.82, 2.24) is 19.5 Å². The molecule has 0 radical (unpaired) electrons. The number of aliphatic hydroxyl groups is 2. The number of hydrogen-bond donors (Lipinski definition) is 5. The summed E-state index contributed by atoms with van der Waals surface area (Å²) in [6.45, 7) is -0.625. The fraction of sp³-hybridized carbons (Fsp3) is 0.500. The molecule has 0 bridgehead atoms. The molecule has 2 aromatic heterocycles. The zero-order valence-corrected chi connectivity index (χ0v) is 13.3. The molecule has 0 spiro atoms. The molecule has 2 aromatic rings. The van der Waals surface area contributed by atoms with Crippen molar-refractivity contribution >= 4 is 19.0 Å². The zero-order chi connectivity index (χ0) is 16.8. The summed E-state index contributed by atoms with van der Waals surface area (Å²) in [5, 5.41) is 20.0. The third kappa shape index (κ3) is 4.09. The molecule has 142 valence electrons. The van der Waals surface area contributed by atoms with Gasteiger partial charge in [-0.05, 0) is 0 Å². The van der Waals surface area contributed by atoms with Crippen LogP contribution in [0.4, 0.5) is 0 Å². The van der Waals surface area contributed by atoms with Gasteiger partial charge in [-0.25, -0.2) is 14.5 Å². The van der Waals surface area contributed by atoms with Crippen LogP contribution in [0.3, 0.4) is 0 Å². The normalized spacial score (nSPS) is 26.2. The summed E-state index contributed by atoms with van der Waals surface area (Å²) in [6, 6.07) is 0. The first-order valence-corrected chi connectivity index (χ1v) is 7.93. The number of aromatic nitrogens is 4. The first-order valence-electron chi connectivity index (χ1n) is 6.40. The standard InChI is InChI=1S/C10H13N4O8P.2H2O/c15-6-4(1-21-23(18,19)20)22-10(7(6)16)14-3-13-5-8(14)11-2-12-9(5)17;;/h2-4,6-7,10,15-16H,1H2,(H,11,12,17)(H2,18,19,20);2*1H2/t4-,6-,7-,10-;;/m1../s1. The molecule has 0 amide bonds. The molecule has 1 aliphatic rings. The van der Waals surface area contributed by atoms with Gasteiger partial charge in [0.1, 0.15) is 18.3 Å². The maximum atomic E-state index is 11.6. The summed E-state index contributed by atoms with van der Waals surface area (Å²) in [4.78, 5) is 39.1. The van der Waals surface area contributed by atoms with Gasteiger partial charge >= 0.3 is 7.82 Å². The van der Waals surface area contributed by atoms with E-state index in [1.165, 1.54) is 10.9 Å². The molecular formula is C10H17N4O10P. The van der Waals surface area contributed by atoms with Gasteiger partial charge in [-0.15, -0.1) is 0 Å². The first-order chi connectivity index (χ1) is 10.8. The van der Waals surface area contributed by atoms with Gasteiger partial charge in [-0.2, -0.15) is 0 Å². The number of nitrogens with zero attached hydrogens (tertiary/aromatic N) is 3. The van der Waals surface area contributed by atoms with Crippen LogP contribution in [0.1, 0.15) is 6.23 Å². The molecule has 4 atom stereocenters. The van der Waals surface area contributed by atoms with Gasteiger partial charge in [0.15, 0.2) is 17.4 Å². The topological polar surface area (TPSA) is 243 Å². The molecular weight excluding hydrogens is 367 g/mol. The maximum Gasteiger partial charge on any atom is 0.469 e. The molecule has 0 aliphatic carbocycles. The van der Waals surface area contributed by atoms with Crippen molar-refractivity contribution in [3.05, 3.63) is 23.0 Å². The number of H-pyrrole nitrogens is 1. The summed E-state index contributed by atoms with van der Waals surface area (Å²) in [5.41, 5.74) is -0.336. The zero-order valence-electron chi connectivity index (χ0n) is 12.4. The molecule has 3 heterocycles. The van der Waals surface area contributed by atoms with Crippen LogP contribution in [0.25, 0.3) is 11.2 Å². The molecule has 0 aromatic carbocycles. The summed E-state index contributed by atoms with van der Waals surface area (Å²) < 4.78 is 21.6. The van der Waals surface area contributed by atoms with Gasteiger partial charge in [0, 0.05) is 0 Å². The SMILES string of the molecule is O.O.O=c1[nH]cnc2c1ncn2[C@@H]1O[C@H](COP(=O)(O)O)[C@@H](O)[C@H]1O. The Labute approximate surface area is 138 Å². The largest absolute Gasteiger partial charge is 0.469 e. The molecule has 14 nitrogen and oxygen atoms in total. The van der Waals surface area contributed by atoms with Gasteiger partial charge in [-0.3, -0.25) is 13.9 Å². The van der Waals surface area contributed by atoms with E-state index in [-0.39, 0.29) is 22.1 Å². The van der Waals surface area contributed by atoms with Crippen molar-refractivity contribution in [3.63, 3.8) is 0 Å². The molecule has 0 saturated carbocycles. The minimum atomic E-state index is -4.74. The number of rotatable bonds is 4. The van der Waals surface area contributed by atoms with Crippen LogP contribution in [-0.2, 0) is 13.8 Å². The Hall–Kier alpha value is -1.74. The molecule has 1 aliphatic heterocycles. The molecule has 9 N–H and O–H groups in total. The van der Waals surface area contributed by atoms with Crippen LogP contribution in [-0.4, -0.2) is 75.4 Å². The predicted octanol–water partition coefficient (Wildman–Crippen LogP) is -3.80. The van der Waals surface area contributed by atoms with Gasteiger partial charge < -0.3 is 40.7 Å². The number of phosphoric ester groups is 1. The van der Waals surface area contributed by atoms with E-state index in [1.54, 1.807) is 0 Å². The maximum absolute atomic E-state index is 11.6. The van der Waals surface area contributed by atoms with Crippen LogP contribution in [0, 0.1) is 0 Å². The van der Waals surface area contributed by atoms with Gasteiger partial charge in [-0.1, -0.05) is 0 Å². The van der Waals surface area contributed by atoms with Crippen LogP contribution in [0.5, 0.6) is 0 Å². The second kappa shape index (κ2) is 7.65. The number of ether oxygens (including phenoxy) is 1. The van der Waals surface area contributed by atoms with Gasteiger partial charge in [0.25, 0.3) is 5.56 Å². The molecule has 0 unspecified atom stereocenters. The number of nitrogens with one attached hydrogen (secondary N) is 1. The Morgan fingerprint density at radius 2 is 1.96 bits per heavy atom. The Morgan fingerprint density at radius 1 is 1.28 bits per heavy atom. The third-order valence-electron chi connectivity index (χ3n) is 3.38. The third-order valence-corrected chi connectivity index (χ3v) is 3.87. The van der Waals surface area contributed by atoms with Crippen LogP contribution in [0.15, 0.2) is 17.4 Å². The number of aromatic amines is 1. The van der Waals surface area contributed by atoms with Crippen molar-refractivity contribution in [3.8, 4) is 0 Å². The fourth-order valence-corrected chi connectivity index (χ4v) is 2.66. The van der Waals surface area contributed by atoms with Gasteiger partial charge in [0.2, 0.25) is 0 Å². The van der Waals surface area contributed by atoms with E-state index < -0.39 is 44.5 Å². The highest BCUT2D eigenvalue weighted by Gasteiger charge is 2.45. The second-order valence-corrected chi connectivity index (χ2v) is 6.13. The number of imidazole rings is 1. The molecule has 1 fully saturated rings. The van der Waals surface area contributed by atoms with Crippen molar-refractivity contribution < 1.29 is 44.8 Å². The summed E-state index contributed by atoms with van der Waals surface area (Å²) in [6.07, 6.45) is -2.85. The Morgan fingerprint density at radius 3 is 2.60 bits per heavy atom. The molecule has 25 heavy (non-hydrogen) atoms. The fourth-order valence-electron chi connectivity index (χ4n) is 2.32. The van der Waals surface area contributed by atoms with Crippen LogP contribution < -0.4 is 5.56 Å². The summed E-state index contributed by atoms with van der Waals surface area (Å²) in [5.74, 6) is 0. The monoisotopic (exact) mass is 384 g/mol. The Kier molecular flexibility index (Phi) is 6.52. The summed E-state index contributed by atoms with van der Waals surface area (Å²) >= 11 is 0. The van der Waals surface area contributed by atoms with Crippen molar-refractivity contribution in [2.45, 2.75) is 24.5 Å². The average Bonchev–Trinajstić information content (AvgIpc) is 3.01. The van der Waals surface area contributed by atoms with E-state index in [0.717, 1.165) is 6.33 Å². The highest BCUT2D eigenvalue weighted by Crippen LogP contribution is 2.38. The predicted molar refractivity (Wildman–Crippen MR) is 79.3 cm³/mol. The second-order valence-electron chi connectivity index (χ2n) is 4.89. The Bertz CT molecular complexity index is 817. The lowest BCUT2D eigenvalue weighted by atomic mass is 10.1. The van der Waals surface area contributed by atoms with Crippen molar-refractivity contribution in [2.75, 3.05) is 6.61 Å². The molecule has 3 rings (SSSR count). The van der Waals surface area contributed by atoms with E-state index in [0.29, 0.717) is 0 Å². The first kappa shape index (κ1) is 21.3. The lowest BCUT2D eigenvalue weighted by Gasteiger charge is -2.16. The van der Waals surface area contributed by atoms with E-state index in [4.69, 9.17) is 14.5 Å². The van der Waals surface area contributed by atoms with E-state index in [1.807, 2.05) is 0 Å². The van der Waals surface area contributed by atoms with E-state index >= 15 is 0 Å². The lowest BCUT2D eigenvalue weighted by Crippen LogP contribution is -2.33. The number of fused-ring (bicyclic) bond motifs is 1. The van der Waals surface area contributed by atoms with Crippen molar-refractivity contribution in [1.29, 1.82) is 0 Å². The van der Waals surface area contributed by atoms with E-state index in [2.05, 4.69) is 19.5 Å². The van der Waals surface area contributed by atoms with Crippen LogP contribution >= 0.6 is 7.82 Å². The minimum absolute atomic E-state index is 0. The number of phosphoric acid groups is 1. The number of aliphatic hydroxyl groups excluding tert-OH is 2. The van der Waals surface area contributed by atoms with Gasteiger partial charge in [0.05, 0.1) is 19.3 Å². The average molecular weight is 384 g/mol. The highest BCUT2D eigenvalue weighted by atomic mass is 31.2. The summed E-state index contributed by atoms with van der Waals surface area (Å²) in [7, 11) is -4.74.